The molecule has 0 unspecified atom stereocenters. The molecule has 0 aliphatic carbocycles. The van der Waals surface area contributed by atoms with Crippen molar-refractivity contribution in [1.29, 1.82) is 0 Å². The van der Waals surface area contributed by atoms with E-state index in [1.54, 1.807) is 0 Å². The molecule has 0 bridgehead atoms. The van der Waals surface area contributed by atoms with Gasteiger partial charge in [-0.1, -0.05) is 38.3 Å². The topological polar surface area (TPSA) is 26.3 Å². The molecule has 0 aliphatic rings. The zero-order chi connectivity index (χ0) is 12.7. The molecule has 0 saturated carbocycles. The minimum absolute atomic E-state index is 0.152. The summed E-state index contributed by atoms with van der Waals surface area (Å²) in [6, 6.07) is 5.81. The summed E-state index contributed by atoms with van der Waals surface area (Å²) in [5.74, 6) is 0.887. The van der Waals surface area contributed by atoms with Crippen molar-refractivity contribution in [3.05, 3.63) is 29.3 Å². The van der Waals surface area contributed by atoms with E-state index in [1.807, 2.05) is 32.0 Å². The summed E-state index contributed by atoms with van der Waals surface area (Å²) >= 11 is 0. The highest BCUT2D eigenvalue weighted by Crippen LogP contribution is 2.22. The SMILES string of the molecule is CCCCCOc1ccc(C)cc1C(=O)CC. The van der Waals surface area contributed by atoms with Gasteiger partial charge in [-0.15, -0.1) is 0 Å². The standard InChI is InChI=1S/C15H22O2/c1-4-6-7-10-17-15-9-8-12(3)11-13(15)14(16)5-2/h8-9,11H,4-7,10H2,1-3H3. The van der Waals surface area contributed by atoms with Crippen molar-refractivity contribution in [2.75, 3.05) is 6.61 Å². The van der Waals surface area contributed by atoms with Crippen molar-refractivity contribution in [3.8, 4) is 5.75 Å². The molecule has 17 heavy (non-hydrogen) atoms. The third-order valence-electron chi connectivity index (χ3n) is 2.76. The van der Waals surface area contributed by atoms with E-state index >= 15 is 0 Å². The molecule has 0 amide bonds. The van der Waals surface area contributed by atoms with Gasteiger partial charge >= 0.3 is 0 Å². The number of ether oxygens (including phenoxy) is 1. The van der Waals surface area contributed by atoms with Crippen LogP contribution in [-0.4, -0.2) is 12.4 Å². The Labute approximate surface area is 104 Å². The quantitative estimate of drug-likeness (QED) is 0.523. The third kappa shape index (κ3) is 4.22. The van der Waals surface area contributed by atoms with Crippen LogP contribution in [0.2, 0.25) is 0 Å². The second kappa shape index (κ2) is 7.10. The summed E-state index contributed by atoms with van der Waals surface area (Å²) in [5, 5.41) is 0. The predicted molar refractivity (Wildman–Crippen MR) is 70.8 cm³/mol. The summed E-state index contributed by atoms with van der Waals surface area (Å²) < 4.78 is 5.70. The van der Waals surface area contributed by atoms with Crippen LogP contribution >= 0.6 is 0 Å². The Hall–Kier alpha value is -1.31. The van der Waals surface area contributed by atoms with Crippen LogP contribution in [0.4, 0.5) is 0 Å². The Bertz CT molecular complexity index is 369. The van der Waals surface area contributed by atoms with Crippen molar-refractivity contribution in [2.24, 2.45) is 0 Å². The number of hydrogen-bond donors (Lipinski definition) is 0. The minimum atomic E-state index is 0.152. The normalized spacial score (nSPS) is 10.3. The van der Waals surface area contributed by atoms with Crippen LogP contribution in [0.25, 0.3) is 0 Å². The molecule has 0 N–H and O–H groups in total. The Morgan fingerprint density at radius 2 is 2.00 bits per heavy atom. The molecular formula is C15H22O2. The predicted octanol–water partition coefficient (Wildman–Crippen LogP) is 4.16. The average Bonchev–Trinajstić information content (AvgIpc) is 2.35. The lowest BCUT2D eigenvalue weighted by Crippen LogP contribution is -2.05. The molecular weight excluding hydrogens is 212 g/mol. The number of benzene rings is 1. The number of Topliss-reactive ketones (excluding diaryl/α,β-unsaturated/α-hetero) is 1. The molecule has 0 aromatic heterocycles. The van der Waals surface area contributed by atoms with Gasteiger partial charge in [-0.25, -0.2) is 0 Å². The van der Waals surface area contributed by atoms with E-state index < -0.39 is 0 Å². The average molecular weight is 234 g/mol. The maximum atomic E-state index is 11.8. The Balaban J connectivity index is 2.72. The minimum Gasteiger partial charge on any atom is -0.493 e. The van der Waals surface area contributed by atoms with Crippen LogP contribution in [0.1, 0.15) is 55.5 Å². The van der Waals surface area contributed by atoms with Crippen LogP contribution < -0.4 is 4.74 Å². The van der Waals surface area contributed by atoms with Crippen LogP contribution in [-0.2, 0) is 0 Å². The first kappa shape index (κ1) is 13.8. The lowest BCUT2D eigenvalue weighted by Gasteiger charge is -2.11. The number of hydrogen-bond acceptors (Lipinski definition) is 2. The molecule has 2 heteroatoms. The number of carbonyl (C=O) groups is 1. The summed E-state index contributed by atoms with van der Waals surface area (Å²) in [4.78, 5) is 11.8. The van der Waals surface area contributed by atoms with Gasteiger partial charge in [0.15, 0.2) is 5.78 Å². The fraction of sp³-hybridized carbons (Fsp3) is 0.533. The Morgan fingerprint density at radius 3 is 2.65 bits per heavy atom. The second-order valence-corrected chi connectivity index (χ2v) is 4.33. The zero-order valence-corrected chi connectivity index (χ0v) is 11.1. The van der Waals surface area contributed by atoms with E-state index in [9.17, 15) is 4.79 Å². The molecule has 1 aromatic rings. The Kier molecular flexibility index (Phi) is 5.75. The highest BCUT2D eigenvalue weighted by atomic mass is 16.5. The van der Waals surface area contributed by atoms with Crippen molar-refractivity contribution in [3.63, 3.8) is 0 Å². The number of carbonyl (C=O) groups excluding carboxylic acids is 1. The van der Waals surface area contributed by atoms with E-state index in [1.165, 1.54) is 12.8 Å². The van der Waals surface area contributed by atoms with Crippen LogP contribution in [0.5, 0.6) is 5.75 Å². The Morgan fingerprint density at radius 1 is 1.24 bits per heavy atom. The van der Waals surface area contributed by atoms with Gasteiger partial charge in [-0.2, -0.15) is 0 Å². The lowest BCUT2D eigenvalue weighted by atomic mass is 10.1. The lowest BCUT2D eigenvalue weighted by molar-refractivity contribution is 0.0984. The summed E-state index contributed by atoms with van der Waals surface area (Å²) in [6.45, 7) is 6.73. The number of rotatable bonds is 7. The third-order valence-corrected chi connectivity index (χ3v) is 2.76. The molecule has 2 nitrogen and oxygen atoms in total. The molecule has 0 spiro atoms. The molecule has 0 atom stereocenters. The van der Waals surface area contributed by atoms with Gasteiger partial charge in [0.25, 0.3) is 0 Å². The van der Waals surface area contributed by atoms with Gasteiger partial charge in [0.2, 0.25) is 0 Å². The van der Waals surface area contributed by atoms with Crippen molar-refractivity contribution >= 4 is 5.78 Å². The summed E-state index contributed by atoms with van der Waals surface area (Å²) in [5.41, 5.74) is 1.83. The molecule has 0 fully saturated rings. The van der Waals surface area contributed by atoms with E-state index in [2.05, 4.69) is 6.92 Å². The summed E-state index contributed by atoms with van der Waals surface area (Å²) in [6.07, 6.45) is 3.92. The molecule has 0 aliphatic heterocycles. The van der Waals surface area contributed by atoms with Crippen LogP contribution in [0, 0.1) is 6.92 Å². The van der Waals surface area contributed by atoms with Crippen LogP contribution in [0.3, 0.4) is 0 Å². The monoisotopic (exact) mass is 234 g/mol. The van der Waals surface area contributed by atoms with E-state index in [0.29, 0.717) is 13.0 Å². The van der Waals surface area contributed by atoms with Gasteiger partial charge in [-0.05, 0) is 25.5 Å². The number of aryl methyl sites for hydroxylation is 1. The molecule has 1 rings (SSSR count). The number of unbranched alkanes of at least 4 members (excludes halogenated alkanes) is 2. The van der Waals surface area contributed by atoms with Crippen LogP contribution in [0.15, 0.2) is 18.2 Å². The smallest absolute Gasteiger partial charge is 0.166 e. The maximum Gasteiger partial charge on any atom is 0.166 e. The summed E-state index contributed by atoms with van der Waals surface area (Å²) in [7, 11) is 0. The largest absolute Gasteiger partial charge is 0.493 e. The first-order valence-electron chi connectivity index (χ1n) is 6.45. The highest BCUT2D eigenvalue weighted by molar-refractivity contribution is 5.98. The first-order chi connectivity index (χ1) is 8.19. The van der Waals surface area contributed by atoms with E-state index in [-0.39, 0.29) is 5.78 Å². The van der Waals surface area contributed by atoms with Crippen molar-refractivity contribution in [2.45, 2.75) is 46.5 Å². The van der Waals surface area contributed by atoms with Gasteiger partial charge < -0.3 is 4.74 Å². The maximum absolute atomic E-state index is 11.8. The van der Waals surface area contributed by atoms with Gasteiger partial charge in [0.05, 0.1) is 12.2 Å². The van der Waals surface area contributed by atoms with Gasteiger partial charge in [0.1, 0.15) is 5.75 Å². The van der Waals surface area contributed by atoms with Crippen molar-refractivity contribution in [1.82, 2.24) is 0 Å². The highest BCUT2D eigenvalue weighted by Gasteiger charge is 2.10. The molecule has 0 saturated heterocycles. The molecule has 1 aromatic carbocycles. The van der Waals surface area contributed by atoms with E-state index in [0.717, 1.165) is 23.3 Å². The van der Waals surface area contributed by atoms with Crippen molar-refractivity contribution < 1.29 is 9.53 Å². The first-order valence-corrected chi connectivity index (χ1v) is 6.45. The fourth-order valence-electron chi connectivity index (χ4n) is 1.71. The van der Waals surface area contributed by atoms with Gasteiger partial charge in [-0.3, -0.25) is 4.79 Å². The molecule has 0 radical (unpaired) electrons. The molecule has 94 valence electrons. The number of ketones is 1. The second-order valence-electron chi connectivity index (χ2n) is 4.33. The zero-order valence-electron chi connectivity index (χ0n) is 11.1. The molecule has 0 heterocycles. The van der Waals surface area contributed by atoms with Gasteiger partial charge in [0, 0.05) is 6.42 Å². The fourth-order valence-corrected chi connectivity index (χ4v) is 1.71. The van der Waals surface area contributed by atoms with E-state index in [4.69, 9.17) is 4.74 Å².